The molecule has 114 valence electrons. The second-order valence-electron chi connectivity index (χ2n) is 5.80. The molecular formula is C20H11FN2O. The maximum absolute atomic E-state index is 13.8. The number of hydrogen-bond donors (Lipinski definition) is 0. The fourth-order valence-electron chi connectivity index (χ4n) is 3.37. The highest BCUT2D eigenvalue weighted by molar-refractivity contribution is 6.12. The molecule has 2 aromatic heterocycles. The van der Waals surface area contributed by atoms with Gasteiger partial charge in [0.15, 0.2) is 0 Å². The van der Waals surface area contributed by atoms with E-state index in [1.165, 1.54) is 12.1 Å². The highest BCUT2D eigenvalue weighted by Gasteiger charge is 2.13. The first-order valence-electron chi connectivity index (χ1n) is 7.65. The number of fused-ring (bicyclic) bond motifs is 7. The van der Waals surface area contributed by atoms with E-state index in [0.29, 0.717) is 27.5 Å². The van der Waals surface area contributed by atoms with Crippen LogP contribution in [-0.2, 0) is 0 Å². The Kier molecular flexibility index (Phi) is 2.54. The van der Waals surface area contributed by atoms with Gasteiger partial charge in [0, 0.05) is 10.8 Å². The van der Waals surface area contributed by atoms with Crippen molar-refractivity contribution in [3.8, 4) is 0 Å². The summed E-state index contributed by atoms with van der Waals surface area (Å²) in [7, 11) is 0. The van der Waals surface area contributed by atoms with Gasteiger partial charge in [-0.25, -0.2) is 9.37 Å². The number of halogens is 1. The summed E-state index contributed by atoms with van der Waals surface area (Å²) in [5, 5.41) is 2.97. The lowest BCUT2D eigenvalue weighted by atomic mass is 10.1. The van der Waals surface area contributed by atoms with Crippen molar-refractivity contribution in [3.05, 3.63) is 82.9 Å². The zero-order valence-electron chi connectivity index (χ0n) is 12.5. The number of rotatable bonds is 0. The van der Waals surface area contributed by atoms with Crippen LogP contribution in [0.3, 0.4) is 0 Å². The number of hydrogen-bond acceptors (Lipinski definition) is 2. The lowest BCUT2D eigenvalue weighted by molar-refractivity contribution is 0.629. The van der Waals surface area contributed by atoms with Gasteiger partial charge in [0.05, 0.1) is 16.4 Å². The van der Waals surface area contributed by atoms with Crippen molar-refractivity contribution in [2.45, 2.75) is 0 Å². The van der Waals surface area contributed by atoms with Gasteiger partial charge in [-0.15, -0.1) is 0 Å². The maximum Gasteiger partial charge on any atom is 0.266 e. The van der Waals surface area contributed by atoms with Crippen molar-refractivity contribution in [1.29, 1.82) is 0 Å². The van der Waals surface area contributed by atoms with Gasteiger partial charge in [-0.3, -0.25) is 9.20 Å². The molecule has 0 fully saturated rings. The smallest absolute Gasteiger partial charge is 0.266 e. The van der Waals surface area contributed by atoms with Gasteiger partial charge < -0.3 is 0 Å². The summed E-state index contributed by atoms with van der Waals surface area (Å²) in [4.78, 5) is 17.8. The number of pyridine rings is 1. The lowest BCUT2D eigenvalue weighted by Crippen LogP contribution is -2.16. The number of aromatic nitrogens is 2. The zero-order valence-corrected chi connectivity index (χ0v) is 12.5. The van der Waals surface area contributed by atoms with Gasteiger partial charge in [-0.2, -0.15) is 0 Å². The number of benzene rings is 3. The van der Waals surface area contributed by atoms with Crippen LogP contribution in [0.1, 0.15) is 0 Å². The van der Waals surface area contributed by atoms with Gasteiger partial charge in [0.1, 0.15) is 11.5 Å². The van der Waals surface area contributed by atoms with Gasteiger partial charge in [-0.1, -0.05) is 36.4 Å². The van der Waals surface area contributed by atoms with E-state index in [1.54, 1.807) is 16.5 Å². The second-order valence-corrected chi connectivity index (χ2v) is 5.80. The highest BCUT2D eigenvalue weighted by Crippen LogP contribution is 2.29. The van der Waals surface area contributed by atoms with E-state index < -0.39 is 0 Å². The average molecular weight is 314 g/mol. The van der Waals surface area contributed by atoms with E-state index >= 15 is 0 Å². The Hall–Kier alpha value is -3.27. The molecule has 0 spiro atoms. The van der Waals surface area contributed by atoms with Crippen LogP contribution in [0.15, 0.2) is 71.5 Å². The molecule has 0 atom stereocenters. The van der Waals surface area contributed by atoms with Gasteiger partial charge in [0.2, 0.25) is 0 Å². The van der Waals surface area contributed by atoms with Crippen LogP contribution in [0, 0.1) is 5.82 Å². The summed E-state index contributed by atoms with van der Waals surface area (Å²) in [5.41, 5.74) is 1.77. The molecule has 0 aliphatic heterocycles. The minimum Gasteiger partial charge on any atom is -0.268 e. The molecule has 0 aliphatic carbocycles. The normalized spacial score (nSPS) is 11.7. The molecule has 3 aromatic carbocycles. The lowest BCUT2D eigenvalue weighted by Gasteiger charge is -2.12. The molecule has 4 heteroatoms. The topological polar surface area (TPSA) is 34.4 Å². The molecule has 0 N–H and O–H groups in total. The minimum absolute atomic E-state index is 0.141. The molecule has 0 saturated carbocycles. The third-order valence-corrected chi connectivity index (χ3v) is 4.43. The fraction of sp³-hybridized carbons (Fsp3) is 0. The molecule has 0 radical (unpaired) electrons. The molecule has 24 heavy (non-hydrogen) atoms. The van der Waals surface area contributed by atoms with Crippen molar-refractivity contribution in [2.75, 3.05) is 0 Å². The predicted octanol–water partition coefficient (Wildman–Crippen LogP) is 4.29. The zero-order chi connectivity index (χ0) is 16.3. The Morgan fingerprint density at radius 3 is 2.33 bits per heavy atom. The summed E-state index contributed by atoms with van der Waals surface area (Å²) in [5.74, 6) is -0.325. The van der Waals surface area contributed by atoms with E-state index in [0.717, 1.165) is 10.8 Å². The van der Waals surface area contributed by atoms with E-state index in [-0.39, 0.29) is 11.4 Å². The first kappa shape index (κ1) is 13.2. The molecule has 0 bridgehead atoms. The van der Waals surface area contributed by atoms with E-state index in [4.69, 9.17) is 4.98 Å². The Labute approximate surface area is 135 Å². The van der Waals surface area contributed by atoms with E-state index in [9.17, 15) is 9.18 Å². The standard InChI is InChI=1S/C20H11FN2O/c21-12-9-10-18-16(11-12)13-5-1-2-6-14(13)19-22-17-8-4-3-7-15(17)20(24)23(18)19/h1-11H. The monoisotopic (exact) mass is 314 g/mol. The Balaban J connectivity index is 2.22. The minimum atomic E-state index is -0.325. The summed E-state index contributed by atoms with van der Waals surface area (Å²) < 4.78 is 15.4. The van der Waals surface area contributed by atoms with E-state index in [2.05, 4.69) is 0 Å². The molecule has 5 rings (SSSR count). The van der Waals surface area contributed by atoms with Crippen LogP contribution in [0.2, 0.25) is 0 Å². The van der Waals surface area contributed by atoms with Crippen LogP contribution < -0.4 is 5.56 Å². The van der Waals surface area contributed by atoms with Crippen molar-refractivity contribution in [1.82, 2.24) is 9.38 Å². The van der Waals surface area contributed by atoms with Crippen LogP contribution in [0.4, 0.5) is 4.39 Å². The van der Waals surface area contributed by atoms with Gasteiger partial charge in [-0.05, 0) is 35.7 Å². The average Bonchev–Trinajstić information content (AvgIpc) is 2.62. The van der Waals surface area contributed by atoms with Crippen molar-refractivity contribution < 1.29 is 4.39 Å². The molecule has 0 amide bonds. The Bertz CT molecular complexity index is 1340. The van der Waals surface area contributed by atoms with Crippen LogP contribution >= 0.6 is 0 Å². The molecule has 3 nitrogen and oxygen atoms in total. The summed E-state index contributed by atoms with van der Waals surface area (Å²) in [6.07, 6.45) is 0. The van der Waals surface area contributed by atoms with E-state index in [1.807, 2.05) is 42.5 Å². The molecule has 0 aliphatic rings. The molecule has 5 aromatic rings. The molecule has 2 heterocycles. The van der Waals surface area contributed by atoms with Gasteiger partial charge >= 0.3 is 0 Å². The number of para-hydroxylation sites is 1. The summed E-state index contributed by atoms with van der Waals surface area (Å²) in [6, 6.07) is 19.4. The Morgan fingerprint density at radius 2 is 1.50 bits per heavy atom. The molecular weight excluding hydrogens is 303 g/mol. The predicted molar refractivity (Wildman–Crippen MR) is 93.9 cm³/mol. The first-order chi connectivity index (χ1) is 11.7. The van der Waals surface area contributed by atoms with Gasteiger partial charge in [0.25, 0.3) is 5.56 Å². The SMILES string of the molecule is O=c1c2ccccc2nc2c3ccccc3c3cc(F)ccc3n12. The van der Waals surface area contributed by atoms with Crippen LogP contribution in [-0.4, -0.2) is 9.38 Å². The molecule has 0 saturated heterocycles. The van der Waals surface area contributed by atoms with Crippen LogP contribution in [0.5, 0.6) is 0 Å². The summed E-state index contributed by atoms with van der Waals surface area (Å²) in [6.45, 7) is 0. The third kappa shape index (κ3) is 1.65. The fourth-order valence-corrected chi connectivity index (χ4v) is 3.37. The quantitative estimate of drug-likeness (QED) is 0.315. The maximum atomic E-state index is 13.8. The number of nitrogens with zero attached hydrogens (tertiary/aromatic N) is 2. The molecule has 0 unspecified atom stereocenters. The Morgan fingerprint density at radius 1 is 0.792 bits per heavy atom. The largest absolute Gasteiger partial charge is 0.268 e. The third-order valence-electron chi connectivity index (χ3n) is 4.43. The summed E-state index contributed by atoms with van der Waals surface area (Å²) >= 11 is 0. The highest BCUT2D eigenvalue weighted by atomic mass is 19.1. The van der Waals surface area contributed by atoms with Crippen molar-refractivity contribution in [3.63, 3.8) is 0 Å². The van der Waals surface area contributed by atoms with Crippen molar-refractivity contribution in [2.24, 2.45) is 0 Å². The second kappa shape index (κ2) is 4.61. The van der Waals surface area contributed by atoms with Crippen LogP contribution in [0.25, 0.3) is 38.2 Å². The first-order valence-corrected chi connectivity index (χ1v) is 7.65. The van der Waals surface area contributed by atoms with Crippen molar-refractivity contribution >= 4 is 38.2 Å².